The van der Waals surface area contributed by atoms with Crippen molar-refractivity contribution in [2.75, 3.05) is 20.8 Å². The molecule has 2 aromatic heterocycles. The van der Waals surface area contributed by atoms with Gasteiger partial charge < -0.3 is 14.8 Å². The van der Waals surface area contributed by atoms with Crippen molar-refractivity contribution in [1.29, 1.82) is 0 Å². The summed E-state index contributed by atoms with van der Waals surface area (Å²) in [7, 11) is 3.10. The number of methoxy groups -OCH3 is 2. The van der Waals surface area contributed by atoms with Crippen molar-refractivity contribution in [1.82, 2.24) is 20.1 Å². The zero-order chi connectivity index (χ0) is 17.6. The van der Waals surface area contributed by atoms with E-state index < -0.39 is 0 Å². The first-order chi connectivity index (χ1) is 12.2. The van der Waals surface area contributed by atoms with Gasteiger partial charge in [0.05, 0.1) is 19.9 Å². The molecular weight excluding hydrogens is 340 g/mol. The van der Waals surface area contributed by atoms with Crippen LogP contribution in [0.5, 0.6) is 11.5 Å². The third-order valence-corrected chi connectivity index (χ3v) is 4.40. The van der Waals surface area contributed by atoms with Crippen LogP contribution in [0.3, 0.4) is 0 Å². The molecule has 0 saturated heterocycles. The Hall–Kier alpha value is -2.87. The fourth-order valence-electron chi connectivity index (χ4n) is 2.24. The molecule has 1 N–H and O–H groups in total. The molecule has 0 aliphatic carbocycles. The molecule has 0 radical (unpaired) electrons. The lowest BCUT2D eigenvalue weighted by Crippen LogP contribution is -2.25. The van der Waals surface area contributed by atoms with Gasteiger partial charge in [-0.3, -0.25) is 4.79 Å². The van der Waals surface area contributed by atoms with Crippen LogP contribution in [-0.2, 0) is 6.42 Å². The smallest absolute Gasteiger partial charge is 0.251 e. The average molecular weight is 358 g/mol. The molecule has 1 aromatic carbocycles. The molecule has 0 unspecified atom stereocenters. The highest BCUT2D eigenvalue weighted by molar-refractivity contribution is 7.12. The number of nitrogens with one attached hydrogen (secondary N) is 1. The number of benzene rings is 1. The van der Waals surface area contributed by atoms with Crippen LogP contribution in [0.4, 0.5) is 0 Å². The topological polar surface area (TPSA) is 78.3 Å². The number of amides is 1. The van der Waals surface area contributed by atoms with Crippen LogP contribution in [0.15, 0.2) is 42.0 Å². The van der Waals surface area contributed by atoms with E-state index in [2.05, 4.69) is 15.4 Å². The summed E-state index contributed by atoms with van der Waals surface area (Å²) < 4.78 is 12.1. The summed E-state index contributed by atoms with van der Waals surface area (Å²) in [6.07, 6.45) is 4.20. The molecule has 1 amide bonds. The Bertz CT molecular complexity index is 823. The summed E-state index contributed by atoms with van der Waals surface area (Å²) in [5.74, 6) is 0.973. The second-order valence-corrected chi connectivity index (χ2v) is 6.02. The SMILES string of the molecule is COc1cc(OC)cc(C(=O)NCCc2csc(-n3cccn3)n2)c1. The molecule has 8 heteroatoms. The minimum Gasteiger partial charge on any atom is -0.497 e. The zero-order valence-corrected chi connectivity index (χ0v) is 14.7. The summed E-state index contributed by atoms with van der Waals surface area (Å²) >= 11 is 1.52. The van der Waals surface area contributed by atoms with Gasteiger partial charge in [-0.2, -0.15) is 5.10 Å². The van der Waals surface area contributed by atoms with Crippen LogP contribution < -0.4 is 14.8 Å². The molecule has 0 fully saturated rings. The fraction of sp³-hybridized carbons (Fsp3) is 0.235. The lowest BCUT2D eigenvalue weighted by molar-refractivity contribution is 0.0953. The Morgan fingerprint density at radius 2 is 2.00 bits per heavy atom. The summed E-state index contributed by atoms with van der Waals surface area (Å²) in [6.45, 7) is 0.487. The van der Waals surface area contributed by atoms with E-state index in [0.29, 0.717) is 30.0 Å². The van der Waals surface area contributed by atoms with Gasteiger partial charge in [0, 0.05) is 42.4 Å². The van der Waals surface area contributed by atoms with Gasteiger partial charge in [0.2, 0.25) is 5.13 Å². The van der Waals surface area contributed by atoms with Crippen LogP contribution in [0.1, 0.15) is 16.1 Å². The Morgan fingerprint density at radius 1 is 1.24 bits per heavy atom. The van der Waals surface area contributed by atoms with E-state index in [4.69, 9.17) is 9.47 Å². The minimum absolute atomic E-state index is 0.181. The average Bonchev–Trinajstić information content (AvgIpc) is 3.32. The minimum atomic E-state index is -0.181. The predicted molar refractivity (Wildman–Crippen MR) is 94.8 cm³/mol. The third kappa shape index (κ3) is 4.16. The normalized spacial score (nSPS) is 10.5. The third-order valence-electron chi connectivity index (χ3n) is 3.52. The van der Waals surface area contributed by atoms with Gasteiger partial charge in [0.25, 0.3) is 5.91 Å². The molecule has 0 aliphatic heterocycles. The van der Waals surface area contributed by atoms with E-state index in [1.165, 1.54) is 11.3 Å². The highest BCUT2D eigenvalue weighted by Crippen LogP contribution is 2.22. The first kappa shape index (κ1) is 17.0. The predicted octanol–water partition coefficient (Wildman–Crippen LogP) is 2.32. The highest BCUT2D eigenvalue weighted by atomic mass is 32.1. The molecule has 0 aliphatic rings. The summed E-state index contributed by atoms with van der Waals surface area (Å²) in [5, 5.41) is 9.82. The molecule has 7 nitrogen and oxygen atoms in total. The monoisotopic (exact) mass is 358 g/mol. The number of nitrogens with zero attached hydrogens (tertiary/aromatic N) is 3. The maximum Gasteiger partial charge on any atom is 0.251 e. The number of ether oxygens (including phenoxy) is 2. The van der Waals surface area contributed by atoms with Crippen LogP contribution in [0.25, 0.3) is 5.13 Å². The summed E-state index contributed by atoms with van der Waals surface area (Å²) in [4.78, 5) is 16.8. The molecule has 25 heavy (non-hydrogen) atoms. The summed E-state index contributed by atoms with van der Waals surface area (Å²) in [5.41, 5.74) is 1.41. The molecule has 130 valence electrons. The molecule has 2 heterocycles. The number of carbonyl (C=O) groups excluding carboxylic acids is 1. The maximum atomic E-state index is 12.3. The Labute approximate surface area is 149 Å². The molecular formula is C17H18N4O3S. The van der Waals surface area contributed by atoms with Gasteiger partial charge >= 0.3 is 0 Å². The van der Waals surface area contributed by atoms with E-state index in [-0.39, 0.29) is 5.91 Å². The molecule has 0 spiro atoms. The van der Waals surface area contributed by atoms with Gasteiger partial charge in [-0.05, 0) is 18.2 Å². The van der Waals surface area contributed by atoms with Crippen molar-refractivity contribution in [3.63, 3.8) is 0 Å². The van der Waals surface area contributed by atoms with E-state index in [0.717, 1.165) is 10.8 Å². The van der Waals surface area contributed by atoms with Crippen molar-refractivity contribution < 1.29 is 14.3 Å². The van der Waals surface area contributed by atoms with Gasteiger partial charge in [0.15, 0.2) is 0 Å². The number of hydrogen-bond acceptors (Lipinski definition) is 6. The first-order valence-electron chi connectivity index (χ1n) is 7.65. The number of carbonyl (C=O) groups is 1. The van der Waals surface area contributed by atoms with Crippen LogP contribution in [-0.4, -0.2) is 41.4 Å². The second kappa shape index (κ2) is 7.80. The van der Waals surface area contributed by atoms with E-state index in [9.17, 15) is 4.79 Å². The number of thiazole rings is 1. The zero-order valence-electron chi connectivity index (χ0n) is 13.9. The second-order valence-electron chi connectivity index (χ2n) is 5.18. The standard InChI is InChI=1S/C17H18N4O3S/c1-23-14-8-12(9-15(10-14)24-2)16(22)18-6-4-13-11-25-17(20-13)21-7-3-5-19-21/h3,5,7-11H,4,6H2,1-2H3,(H,18,22). The largest absolute Gasteiger partial charge is 0.497 e. The van der Waals surface area contributed by atoms with Gasteiger partial charge in [-0.15, -0.1) is 11.3 Å². The maximum absolute atomic E-state index is 12.3. The van der Waals surface area contributed by atoms with E-state index in [1.54, 1.807) is 43.3 Å². The van der Waals surface area contributed by atoms with E-state index >= 15 is 0 Å². The first-order valence-corrected chi connectivity index (χ1v) is 8.53. The number of rotatable bonds is 7. The molecule has 0 bridgehead atoms. The lowest BCUT2D eigenvalue weighted by atomic mass is 10.2. The Balaban J connectivity index is 1.58. The van der Waals surface area contributed by atoms with E-state index in [1.807, 2.05) is 17.6 Å². The Morgan fingerprint density at radius 3 is 2.64 bits per heavy atom. The number of hydrogen-bond donors (Lipinski definition) is 1. The van der Waals surface area contributed by atoms with Gasteiger partial charge in [-0.25, -0.2) is 9.67 Å². The van der Waals surface area contributed by atoms with Crippen molar-refractivity contribution in [2.24, 2.45) is 0 Å². The van der Waals surface area contributed by atoms with Crippen molar-refractivity contribution in [3.05, 3.63) is 53.3 Å². The van der Waals surface area contributed by atoms with Crippen LogP contribution in [0, 0.1) is 0 Å². The lowest BCUT2D eigenvalue weighted by Gasteiger charge is -2.09. The van der Waals surface area contributed by atoms with Crippen molar-refractivity contribution in [2.45, 2.75) is 6.42 Å². The van der Waals surface area contributed by atoms with Gasteiger partial charge in [-0.1, -0.05) is 0 Å². The van der Waals surface area contributed by atoms with Crippen molar-refractivity contribution >= 4 is 17.2 Å². The summed E-state index contributed by atoms with van der Waals surface area (Å²) in [6, 6.07) is 6.93. The molecule has 0 saturated carbocycles. The van der Waals surface area contributed by atoms with Crippen molar-refractivity contribution in [3.8, 4) is 16.6 Å². The van der Waals surface area contributed by atoms with Gasteiger partial charge in [0.1, 0.15) is 11.5 Å². The Kier molecular flexibility index (Phi) is 5.30. The number of aromatic nitrogens is 3. The quantitative estimate of drug-likeness (QED) is 0.701. The molecule has 0 atom stereocenters. The molecule has 3 aromatic rings. The molecule has 3 rings (SSSR count). The van der Waals surface area contributed by atoms with Crippen LogP contribution >= 0.6 is 11.3 Å². The fourth-order valence-corrected chi connectivity index (χ4v) is 3.04. The highest BCUT2D eigenvalue weighted by Gasteiger charge is 2.10. The van der Waals surface area contributed by atoms with Crippen LogP contribution in [0.2, 0.25) is 0 Å².